The predicted octanol–water partition coefficient (Wildman–Crippen LogP) is 0.677. The third-order valence-corrected chi connectivity index (χ3v) is 3.26. The van der Waals surface area contributed by atoms with Crippen molar-refractivity contribution in [2.75, 3.05) is 26.8 Å². The van der Waals surface area contributed by atoms with Gasteiger partial charge in [0.05, 0.1) is 26.8 Å². The lowest BCUT2D eigenvalue weighted by Crippen LogP contribution is -2.46. The molecular formula is C13H22N2O5. The van der Waals surface area contributed by atoms with E-state index in [9.17, 15) is 14.4 Å². The summed E-state index contributed by atoms with van der Waals surface area (Å²) in [5.74, 6) is -0.861. The van der Waals surface area contributed by atoms with Crippen molar-refractivity contribution in [3.63, 3.8) is 0 Å². The van der Waals surface area contributed by atoms with E-state index in [0.717, 1.165) is 25.7 Å². The van der Waals surface area contributed by atoms with E-state index >= 15 is 0 Å². The fourth-order valence-corrected chi connectivity index (χ4v) is 2.32. The number of carbonyl (C=O) groups is 3. The van der Waals surface area contributed by atoms with Gasteiger partial charge in [0.2, 0.25) is 5.91 Å². The van der Waals surface area contributed by atoms with Crippen LogP contribution in [0.4, 0.5) is 4.79 Å². The van der Waals surface area contributed by atoms with Gasteiger partial charge in [-0.2, -0.15) is 0 Å². The Kier molecular flexibility index (Phi) is 7.00. The first kappa shape index (κ1) is 16.4. The maximum absolute atomic E-state index is 11.8. The fourth-order valence-electron chi connectivity index (χ4n) is 2.32. The van der Waals surface area contributed by atoms with Gasteiger partial charge >= 0.3 is 12.1 Å². The second-order valence-electron chi connectivity index (χ2n) is 4.69. The molecule has 0 heterocycles. The van der Waals surface area contributed by atoms with Crippen LogP contribution < -0.4 is 5.32 Å². The second-order valence-corrected chi connectivity index (χ2v) is 4.69. The average molecular weight is 286 g/mol. The quantitative estimate of drug-likeness (QED) is 0.723. The van der Waals surface area contributed by atoms with Gasteiger partial charge in [-0.3, -0.25) is 19.8 Å². The molecule has 0 aromatic rings. The van der Waals surface area contributed by atoms with Crippen molar-refractivity contribution in [1.29, 1.82) is 0 Å². The molecule has 7 nitrogen and oxygen atoms in total. The smallest absolute Gasteiger partial charge is 0.413 e. The van der Waals surface area contributed by atoms with Crippen LogP contribution in [0.3, 0.4) is 0 Å². The zero-order valence-corrected chi connectivity index (χ0v) is 12.0. The van der Waals surface area contributed by atoms with Gasteiger partial charge in [0.25, 0.3) is 0 Å². The summed E-state index contributed by atoms with van der Waals surface area (Å²) in [7, 11) is 1.31. The molecule has 0 aliphatic heterocycles. The Bertz CT molecular complexity index is 353. The molecule has 1 rings (SSSR count). The normalized spacial score (nSPS) is 15.2. The van der Waals surface area contributed by atoms with Crippen LogP contribution in [0.15, 0.2) is 0 Å². The van der Waals surface area contributed by atoms with E-state index in [-0.39, 0.29) is 31.7 Å². The number of ether oxygens (including phenoxy) is 2. The Labute approximate surface area is 118 Å². The Morgan fingerprint density at radius 2 is 1.85 bits per heavy atom. The highest BCUT2D eigenvalue weighted by Crippen LogP contribution is 2.23. The highest BCUT2D eigenvalue weighted by molar-refractivity contribution is 5.93. The summed E-state index contributed by atoms with van der Waals surface area (Å²) < 4.78 is 9.28. The molecule has 0 aromatic carbocycles. The van der Waals surface area contributed by atoms with E-state index < -0.39 is 12.0 Å². The minimum absolute atomic E-state index is 0.0153. The summed E-state index contributed by atoms with van der Waals surface area (Å²) in [4.78, 5) is 36.1. The Hall–Kier alpha value is -1.63. The van der Waals surface area contributed by atoms with Gasteiger partial charge in [0.1, 0.15) is 0 Å². The first-order valence-corrected chi connectivity index (χ1v) is 6.84. The molecule has 0 saturated heterocycles. The number of esters is 1. The van der Waals surface area contributed by atoms with Crippen molar-refractivity contribution < 1.29 is 23.9 Å². The average Bonchev–Trinajstić information content (AvgIpc) is 2.91. The Morgan fingerprint density at radius 3 is 2.40 bits per heavy atom. The Balaban J connectivity index is 2.52. The van der Waals surface area contributed by atoms with Crippen molar-refractivity contribution in [2.45, 2.75) is 38.6 Å². The zero-order valence-electron chi connectivity index (χ0n) is 12.0. The molecule has 1 saturated carbocycles. The predicted molar refractivity (Wildman–Crippen MR) is 71.0 cm³/mol. The van der Waals surface area contributed by atoms with Gasteiger partial charge < -0.3 is 9.47 Å². The molecule has 1 N–H and O–H groups in total. The highest BCUT2D eigenvalue weighted by atomic mass is 16.5. The number of alkyl carbamates (subject to hydrolysis) is 1. The maximum atomic E-state index is 11.8. The molecule has 114 valence electrons. The molecule has 0 atom stereocenters. The summed E-state index contributed by atoms with van der Waals surface area (Å²) in [5, 5.41) is 2.13. The molecule has 1 aliphatic rings. The molecule has 7 heteroatoms. The van der Waals surface area contributed by atoms with E-state index in [1.807, 2.05) is 0 Å². The molecule has 0 radical (unpaired) electrons. The van der Waals surface area contributed by atoms with Gasteiger partial charge in [0.15, 0.2) is 0 Å². The maximum Gasteiger partial charge on any atom is 0.413 e. The summed E-state index contributed by atoms with van der Waals surface area (Å²) in [6, 6.07) is 0.182. The van der Waals surface area contributed by atoms with E-state index in [0.29, 0.717) is 0 Å². The van der Waals surface area contributed by atoms with Crippen LogP contribution in [0.25, 0.3) is 0 Å². The van der Waals surface area contributed by atoms with Crippen molar-refractivity contribution >= 4 is 18.0 Å². The number of carbonyl (C=O) groups excluding carboxylic acids is 3. The van der Waals surface area contributed by atoms with Crippen molar-refractivity contribution in [1.82, 2.24) is 10.2 Å². The summed E-state index contributed by atoms with van der Waals surface area (Å²) in [6.45, 7) is 1.90. The van der Waals surface area contributed by atoms with E-state index in [4.69, 9.17) is 0 Å². The number of hydrogen-bond donors (Lipinski definition) is 1. The van der Waals surface area contributed by atoms with E-state index in [2.05, 4.69) is 14.8 Å². The number of nitrogens with zero attached hydrogens (tertiary/aromatic N) is 1. The summed E-state index contributed by atoms with van der Waals surface area (Å²) >= 11 is 0. The monoisotopic (exact) mass is 286 g/mol. The number of rotatable bonds is 6. The molecule has 2 amide bonds. The van der Waals surface area contributed by atoms with Crippen LogP contribution in [0.1, 0.15) is 32.6 Å². The zero-order chi connectivity index (χ0) is 15.0. The van der Waals surface area contributed by atoms with Gasteiger partial charge in [-0.25, -0.2) is 4.79 Å². The molecular weight excluding hydrogens is 264 g/mol. The summed E-state index contributed by atoms with van der Waals surface area (Å²) in [6.07, 6.45) is 3.30. The largest absolute Gasteiger partial charge is 0.468 e. The van der Waals surface area contributed by atoms with Gasteiger partial charge in [-0.15, -0.1) is 0 Å². The SMILES string of the molecule is CCOC(=O)NC(=O)CN(CC(=O)OC)C1CCCC1. The van der Waals surface area contributed by atoms with Crippen LogP contribution >= 0.6 is 0 Å². The molecule has 20 heavy (non-hydrogen) atoms. The van der Waals surface area contributed by atoms with Crippen molar-refractivity contribution in [2.24, 2.45) is 0 Å². The minimum atomic E-state index is -0.762. The standard InChI is InChI=1S/C13H22N2O5/c1-3-20-13(18)14-11(16)8-15(9-12(17)19-2)10-6-4-5-7-10/h10H,3-9H2,1-2H3,(H,14,16,18). The van der Waals surface area contributed by atoms with Crippen LogP contribution in [0.2, 0.25) is 0 Å². The number of methoxy groups -OCH3 is 1. The molecule has 0 spiro atoms. The van der Waals surface area contributed by atoms with Gasteiger partial charge in [0, 0.05) is 6.04 Å². The van der Waals surface area contributed by atoms with Crippen LogP contribution in [-0.2, 0) is 19.1 Å². The first-order chi connectivity index (χ1) is 9.56. The van der Waals surface area contributed by atoms with Crippen LogP contribution in [0.5, 0.6) is 0 Å². The molecule has 1 aliphatic carbocycles. The molecule has 0 aromatic heterocycles. The lowest BCUT2D eigenvalue weighted by Gasteiger charge is -2.26. The third kappa shape index (κ3) is 5.56. The number of amides is 2. The number of imide groups is 1. The van der Waals surface area contributed by atoms with Gasteiger partial charge in [-0.1, -0.05) is 12.8 Å². The number of hydrogen-bond acceptors (Lipinski definition) is 6. The number of nitrogens with one attached hydrogen (secondary N) is 1. The van der Waals surface area contributed by atoms with Gasteiger partial charge in [-0.05, 0) is 19.8 Å². The minimum Gasteiger partial charge on any atom is -0.468 e. The molecule has 1 fully saturated rings. The highest BCUT2D eigenvalue weighted by Gasteiger charge is 2.26. The summed E-state index contributed by atoms with van der Waals surface area (Å²) in [5.41, 5.74) is 0. The Morgan fingerprint density at radius 1 is 1.20 bits per heavy atom. The second kappa shape index (κ2) is 8.52. The fraction of sp³-hybridized carbons (Fsp3) is 0.769. The van der Waals surface area contributed by atoms with E-state index in [1.54, 1.807) is 11.8 Å². The van der Waals surface area contributed by atoms with Crippen LogP contribution in [-0.4, -0.2) is 55.7 Å². The lowest BCUT2D eigenvalue weighted by molar-refractivity contribution is -0.142. The lowest BCUT2D eigenvalue weighted by atomic mass is 10.2. The van der Waals surface area contributed by atoms with Crippen molar-refractivity contribution in [3.05, 3.63) is 0 Å². The first-order valence-electron chi connectivity index (χ1n) is 6.84. The topological polar surface area (TPSA) is 84.9 Å². The third-order valence-electron chi connectivity index (χ3n) is 3.26. The van der Waals surface area contributed by atoms with Crippen molar-refractivity contribution in [3.8, 4) is 0 Å². The van der Waals surface area contributed by atoms with E-state index in [1.165, 1.54) is 7.11 Å². The molecule has 0 unspecified atom stereocenters. The van der Waals surface area contributed by atoms with Crippen LogP contribution in [0, 0.1) is 0 Å². The molecule has 0 bridgehead atoms.